The molecule has 0 heterocycles. The molecule has 1 fully saturated rings. The fraction of sp³-hybridized carbons (Fsp3) is 1.00. The van der Waals surface area contributed by atoms with Gasteiger partial charge in [0.1, 0.15) is 0 Å². The standard InChI is InChI=1S/C12H25NO2/c1-4-14-7-8-15-10-12(2,3)9-13-11-5-6-11/h11,13H,4-10H2,1-3H3. The highest BCUT2D eigenvalue weighted by Crippen LogP contribution is 2.21. The van der Waals surface area contributed by atoms with E-state index in [1.807, 2.05) is 6.92 Å². The second-order valence-corrected chi connectivity index (χ2v) is 5.07. The Labute approximate surface area is 93.5 Å². The number of hydrogen-bond donors (Lipinski definition) is 1. The summed E-state index contributed by atoms with van der Waals surface area (Å²) in [6.45, 7) is 10.5. The SMILES string of the molecule is CCOCCOCC(C)(C)CNC1CC1. The van der Waals surface area contributed by atoms with Crippen LogP contribution in [0.3, 0.4) is 0 Å². The number of hydrogen-bond acceptors (Lipinski definition) is 3. The zero-order valence-corrected chi connectivity index (χ0v) is 10.3. The topological polar surface area (TPSA) is 30.5 Å². The lowest BCUT2D eigenvalue weighted by Crippen LogP contribution is -2.34. The van der Waals surface area contributed by atoms with Crippen LogP contribution in [0.5, 0.6) is 0 Å². The molecule has 0 unspecified atom stereocenters. The lowest BCUT2D eigenvalue weighted by Gasteiger charge is -2.24. The van der Waals surface area contributed by atoms with Crippen molar-refractivity contribution in [3.8, 4) is 0 Å². The maximum Gasteiger partial charge on any atom is 0.0700 e. The van der Waals surface area contributed by atoms with Gasteiger partial charge in [-0.25, -0.2) is 0 Å². The highest BCUT2D eigenvalue weighted by Gasteiger charge is 2.25. The number of rotatable bonds is 9. The average Bonchev–Trinajstić information content (AvgIpc) is 2.98. The van der Waals surface area contributed by atoms with Gasteiger partial charge in [0.25, 0.3) is 0 Å². The highest BCUT2D eigenvalue weighted by molar-refractivity contribution is 4.83. The van der Waals surface area contributed by atoms with Crippen LogP contribution in [0.25, 0.3) is 0 Å². The van der Waals surface area contributed by atoms with Crippen molar-refractivity contribution in [1.82, 2.24) is 5.32 Å². The smallest absolute Gasteiger partial charge is 0.0700 e. The van der Waals surface area contributed by atoms with Crippen LogP contribution in [0.1, 0.15) is 33.6 Å². The van der Waals surface area contributed by atoms with Crippen LogP contribution in [-0.4, -0.2) is 39.0 Å². The monoisotopic (exact) mass is 215 g/mol. The Bertz CT molecular complexity index is 167. The molecule has 0 atom stereocenters. The van der Waals surface area contributed by atoms with Crippen LogP contribution in [0.2, 0.25) is 0 Å². The van der Waals surface area contributed by atoms with Crippen LogP contribution < -0.4 is 5.32 Å². The summed E-state index contributed by atoms with van der Waals surface area (Å²) in [4.78, 5) is 0. The zero-order chi connectivity index (χ0) is 11.1. The van der Waals surface area contributed by atoms with Crippen molar-refractivity contribution in [1.29, 1.82) is 0 Å². The van der Waals surface area contributed by atoms with Crippen LogP contribution in [-0.2, 0) is 9.47 Å². The summed E-state index contributed by atoms with van der Waals surface area (Å²) in [6, 6.07) is 0.785. The van der Waals surface area contributed by atoms with Crippen LogP contribution in [0.15, 0.2) is 0 Å². The molecule has 0 saturated heterocycles. The minimum Gasteiger partial charge on any atom is -0.379 e. The summed E-state index contributed by atoms with van der Waals surface area (Å²) in [5.41, 5.74) is 0.231. The molecule has 15 heavy (non-hydrogen) atoms. The van der Waals surface area contributed by atoms with Gasteiger partial charge in [0, 0.05) is 24.6 Å². The van der Waals surface area contributed by atoms with Gasteiger partial charge in [0.15, 0.2) is 0 Å². The van der Waals surface area contributed by atoms with E-state index < -0.39 is 0 Å². The van der Waals surface area contributed by atoms with E-state index in [0.717, 1.165) is 25.8 Å². The normalized spacial score (nSPS) is 17.0. The van der Waals surface area contributed by atoms with Gasteiger partial charge in [-0.1, -0.05) is 13.8 Å². The molecule has 0 aromatic heterocycles. The van der Waals surface area contributed by atoms with Crippen molar-refractivity contribution in [2.24, 2.45) is 5.41 Å². The summed E-state index contributed by atoms with van der Waals surface area (Å²) in [5.74, 6) is 0. The van der Waals surface area contributed by atoms with E-state index in [4.69, 9.17) is 9.47 Å². The van der Waals surface area contributed by atoms with Gasteiger partial charge in [-0.15, -0.1) is 0 Å². The van der Waals surface area contributed by atoms with Gasteiger partial charge in [-0.3, -0.25) is 0 Å². The summed E-state index contributed by atoms with van der Waals surface area (Å²) in [7, 11) is 0. The zero-order valence-electron chi connectivity index (χ0n) is 10.3. The Balaban J connectivity index is 1.95. The molecular weight excluding hydrogens is 190 g/mol. The first-order valence-electron chi connectivity index (χ1n) is 6.03. The molecule has 0 aromatic rings. The molecule has 0 radical (unpaired) electrons. The lowest BCUT2D eigenvalue weighted by molar-refractivity contribution is 0.0178. The Kier molecular flexibility index (Phi) is 5.58. The van der Waals surface area contributed by atoms with Crippen molar-refractivity contribution in [2.75, 3.05) is 33.0 Å². The Morgan fingerprint density at radius 3 is 2.47 bits per heavy atom. The fourth-order valence-corrected chi connectivity index (χ4v) is 1.37. The van der Waals surface area contributed by atoms with Crippen LogP contribution >= 0.6 is 0 Å². The summed E-state index contributed by atoms with van der Waals surface area (Å²) < 4.78 is 10.8. The number of nitrogens with one attached hydrogen (secondary N) is 1. The molecule has 3 heteroatoms. The molecule has 1 rings (SSSR count). The molecule has 0 aromatic carbocycles. The maximum atomic E-state index is 5.59. The van der Waals surface area contributed by atoms with E-state index in [2.05, 4.69) is 19.2 Å². The first-order valence-corrected chi connectivity index (χ1v) is 6.03. The predicted molar refractivity (Wildman–Crippen MR) is 62.1 cm³/mol. The Morgan fingerprint density at radius 2 is 1.87 bits per heavy atom. The molecule has 1 saturated carbocycles. The largest absolute Gasteiger partial charge is 0.379 e. The molecule has 1 aliphatic carbocycles. The fourth-order valence-electron chi connectivity index (χ4n) is 1.37. The molecule has 1 N–H and O–H groups in total. The highest BCUT2D eigenvalue weighted by atomic mass is 16.5. The molecule has 0 bridgehead atoms. The van der Waals surface area contributed by atoms with E-state index in [0.29, 0.717) is 13.2 Å². The summed E-state index contributed by atoms with van der Waals surface area (Å²) in [5, 5.41) is 3.54. The van der Waals surface area contributed by atoms with Crippen molar-refractivity contribution in [3.05, 3.63) is 0 Å². The van der Waals surface area contributed by atoms with E-state index in [9.17, 15) is 0 Å². The third kappa shape index (κ3) is 6.88. The quantitative estimate of drug-likeness (QED) is 0.595. The molecular formula is C12H25NO2. The molecule has 0 aliphatic heterocycles. The molecule has 0 spiro atoms. The Morgan fingerprint density at radius 1 is 1.20 bits per heavy atom. The van der Waals surface area contributed by atoms with Gasteiger partial charge >= 0.3 is 0 Å². The van der Waals surface area contributed by atoms with Crippen molar-refractivity contribution >= 4 is 0 Å². The Hall–Kier alpha value is -0.120. The van der Waals surface area contributed by atoms with Crippen molar-refractivity contribution in [3.63, 3.8) is 0 Å². The van der Waals surface area contributed by atoms with Crippen LogP contribution in [0, 0.1) is 5.41 Å². The maximum absolute atomic E-state index is 5.59. The second kappa shape index (κ2) is 6.46. The predicted octanol–water partition coefficient (Wildman–Crippen LogP) is 1.82. The van der Waals surface area contributed by atoms with Crippen LogP contribution in [0.4, 0.5) is 0 Å². The summed E-state index contributed by atoms with van der Waals surface area (Å²) >= 11 is 0. The van der Waals surface area contributed by atoms with E-state index in [-0.39, 0.29) is 5.41 Å². The lowest BCUT2D eigenvalue weighted by atomic mass is 9.95. The van der Waals surface area contributed by atoms with Crippen molar-refractivity contribution in [2.45, 2.75) is 39.7 Å². The first kappa shape index (κ1) is 12.9. The van der Waals surface area contributed by atoms with E-state index in [1.54, 1.807) is 0 Å². The molecule has 1 aliphatic rings. The van der Waals surface area contributed by atoms with E-state index >= 15 is 0 Å². The first-order chi connectivity index (χ1) is 7.14. The minimum atomic E-state index is 0.231. The van der Waals surface area contributed by atoms with Gasteiger partial charge in [0.2, 0.25) is 0 Å². The van der Waals surface area contributed by atoms with Crippen molar-refractivity contribution < 1.29 is 9.47 Å². The minimum absolute atomic E-state index is 0.231. The van der Waals surface area contributed by atoms with Gasteiger partial charge in [-0.05, 0) is 19.8 Å². The van der Waals surface area contributed by atoms with Gasteiger partial charge in [0.05, 0.1) is 19.8 Å². The molecule has 90 valence electrons. The third-order valence-electron chi connectivity index (χ3n) is 2.52. The van der Waals surface area contributed by atoms with Gasteiger partial charge in [-0.2, -0.15) is 0 Å². The average molecular weight is 215 g/mol. The third-order valence-corrected chi connectivity index (χ3v) is 2.52. The molecule has 3 nitrogen and oxygen atoms in total. The van der Waals surface area contributed by atoms with E-state index in [1.165, 1.54) is 12.8 Å². The second-order valence-electron chi connectivity index (χ2n) is 5.07. The van der Waals surface area contributed by atoms with Gasteiger partial charge < -0.3 is 14.8 Å². The number of ether oxygens (including phenoxy) is 2. The molecule has 0 amide bonds. The summed E-state index contributed by atoms with van der Waals surface area (Å²) in [6.07, 6.45) is 2.70.